The summed E-state index contributed by atoms with van der Waals surface area (Å²) in [7, 11) is 0. The SMILES string of the molecule is Cc1ccc(C(=O)CSc2ncns2)c(C)c1. The van der Waals surface area contributed by atoms with Crippen molar-refractivity contribution in [2.24, 2.45) is 0 Å². The van der Waals surface area contributed by atoms with Crippen LogP contribution in [0.1, 0.15) is 21.5 Å². The van der Waals surface area contributed by atoms with Crippen LogP contribution >= 0.6 is 23.3 Å². The first-order chi connectivity index (χ1) is 8.16. The Labute approximate surface area is 108 Å². The number of benzene rings is 1. The number of nitrogens with zero attached hydrogens (tertiary/aromatic N) is 2. The molecule has 0 saturated heterocycles. The fraction of sp³-hybridized carbons (Fsp3) is 0.250. The molecule has 1 heterocycles. The lowest BCUT2D eigenvalue weighted by Crippen LogP contribution is -2.04. The standard InChI is InChI=1S/C12H12N2OS2/c1-8-3-4-10(9(2)5-8)11(15)6-16-12-13-7-14-17-12/h3-5,7H,6H2,1-2H3. The summed E-state index contributed by atoms with van der Waals surface area (Å²) in [5, 5.41) is 0. The monoisotopic (exact) mass is 264 g/mol. The van der Waals surface area contributed by atoms with Gasteiger partial charge in [0, 0.05) is 5.56 Å². The van der Waals surface area contributed by atoms with Crippen LogP contribution in [-0.2, 0) is 0 Å². The Kier molecular flexibility index (Phi) is 3.91. The summed E-state index contributed by atoms with van der Waals surface area (Å²) < 4.78 is 4.74. The molecule has 0 bridgehead atoms. The van der Waals surface area contributed by atoms with Crippen LogP contribution in [0.5, 0.6) is 0 Å². The van der Waals surface area contributed by atoms with Crippen LogP contribution in [-0.4, -0.2) is 20.9 Å². The maximum absolute atomic E-state index is 12.0. The maximum atomic E-state index is 12.0. The van der Waals surface area contributed by atoms with Gasteiger partial charge in [-0.15, -0.1) is 0 Å². The molecule has 0 aliphatic carbocycles. The lowest BCUT2D eigenvalue weighted by molar-refractivity contribution is 0.102. The van der Waals surface area contributed by atoms with Crippen molar-refractivity contribution < 1.29 is 4.79 Å². The minimum absolute atomic E-state index is 0.141. The smallest absolute Gasteiger partial charge is 0.173 e. The third kappa shape index (κ3) is 3.14. The quantitative estimate of drug-likeness (QED) is 0.628. The second-order valence-corrected chi connectivity index (χ2v) is 5.74. The highest BCUT2D eigenvalue weighted by atomic mass is 32.2. The Hall–Kier alpha value is -1.20. The topological polar surface area (TPSA) is 42.9 Å². The first-order valence-corrected chi connectivity index (χ1v) is 6.92. The third-order valence-electron chi connectivity index (χ3n) is 2.35. The van der Waals surface area contributed by atoms with Crippen molar-refractivity contribution in [3.63, 3.8) is 0 Å². The molecule has 0 radical (unpaired) electrons. The number of ketones is 1. The molecule has 0 spiro atoms. The molecule has 3 nitrogen and oxygen atoms in total. The largest absolute Gasteiger partial charge is 0.293 e. The first kappa shape index (κ1) is 12.3. The number of carbonyl (C=O) groups excluding carboxylic acids is 1. The van der Waals surface area contributed by atoms with E-state index in [-0.39, 0.29) is 5.78 Å². The van der Waals surface area contributed by atoms with Crippen molar-refractivity contribution in [3.05, 3.63) is 41.2 Å². The van der Waals surface area contributed by atoms with E-state index < -0.39 is 0 Å². The summed E-state index contributed by atoms with van der Waals surface area (Å²) >= 11 is 2.75. The van der Waals surface area contributed by atoms with Crippen LogP contribution in [0.4, 0.5) is 0 Å². The van der Waals surface area contributed by atoms with Crippen molar-refractivity contribution in [2.75, 3.05) is 5.75 Å². The summed E-state index contributed by atoms with van der Waals surface area (Å²) in [5.74, 6) is 0.557. The zero-order valence-corrected chi connectivity index (χ0v) is 11.3. The molecule has 17 heavy (non-hydrogen) atoms. The number of Topliss-reactive ketones (excluding diaryl/α,β-unsaturated/α-hetero) is 1. The Morgan fingerprint density at radius 1 is 1.41 bits per heavy atom. The van der Waals surface area contributed by atoms with E-state index in [1.807, 2.05) is 32.0 Å². The van der Waals surface area contributed by atoms with Gasteiger partial charge in [0.2, 0.25) is 0 Å². The lowest BCUT2D eigenvalue weighted by Gasteiger charge is -2.04. The van der Waals surface area contributed by atoms with Crippen LogP contribution in [0, 0.1) is 13.8 Å². The summed E-state index contributed by atoms with van der Waals surface area (Å²) in [5.41, 5.74) is 3.01. The van der Waals surface area contributed by atoms with Crippen molar-refractivity contribution in [3.8, 4) is 0 Å². The predicted octanol–water partition coefficient (Wildman–Crippen LogP) is 3.13. The van der Waals surface area contributed by atoms with Gasteiger partial charge in [0.25, 0.3) is 0 Å². The number of aromatic nitrogens is 2. The van der Waals surface area contributed by atoms with Gasteiger partial charge in [0.05, 0.1) is 5.75 Å². The minimum Gasteiger partial charge on any atom is -0.293 e. The molecular formula is C12H12N2OS2. The van der Waals surface area contributed by atoms with Gasteiger partial charge in [0.15, 0.2) is 10.1 Å². The van der Waals surface area contributed by atoms with Crippen LogP contribution in [0.2, 0.25) is 0 Å². The Balaban J connectivity index is 2.04. The summed E-state index contributed by atoms with van der Waals surface area (Å²) in [6.07, 6.45) is 1.51. The van der Waals surface area contributed by atoms with Crippen molar-refractivity contribution in [1.29, 1.82) is 0 Å². The highest BCUT2D eigenvalue weighted by molar-refractivity contribution is 8.01. The number of carbonyl (C=O) groups is 1. The van der Waals surface area contributed by atoms with E-state index in [0.717, 1.165) is 15.5 Å². The number of hydrogen-bond acceptors (Lipinski definition) is 5. The summed E-state index contributed by atoms with van der Waals surface area (Å²) in [6, 6.07) is 5.90. The molecule has 1 aromatic heterocycles. The molecule has 0 saturated carbocycles. The van der Waals surface area contributed by atoms with E-state index in [0.29, 0.717) is 5.75 Å². The summed E-state index contributed by atoms with van der Waals surface area (Å²) in [6.45, 7) is 3.99. The highest BCUT2D eigenvalue weighted by Crippen LogP contribution is 2.20. The molecule has 1 aromatic carbocycles. The van der Waals surface area contributed by atoms with E-state index in [2.05, 4.69) is 9.36 Å². The molecule has 0 unspecified atom stereocenters. The zero-order valence-electron chi connectivity index (χ0n) is 9.64. The number of thioether (sulfide) groups is 1. The van der Waals surface area contributed by atoms with Crippen LogP contribution in [0.25, 0.3) is 0 Å². The van der Waals surface area contributed by atoms with E-state index >= 15 is 0 Å². The number of rotatable bonds is 4. The summed E-state index contributed by atoms with van der Waals surface area (Å²) in [4.78, 5) is 16.0. The average molecular weight is 264 g/mol. The molecule has 0 amide bonds. The van der Waals surface area contributed by atoms with Gasteiger partial charge in [-0.3, -0.25) is 4.79 Å². The fourth-order valence-electron chi connectivity index (χ4n) is 1.56. The van der Waals surface area contributed by atoms with Gasteiger partial charge < -0.3 is 0 Å². The predicted molar refractivity (Wildman–Crippen MR) is 70.9 cm³/mol. The van der Waals surface area contributed by atoms with Gasteiger partial charge in [-0.05, 0) is 30.9 Å². The van der Waals surface area contributed by atoms with Gasteiger partial charge in [0.1, 0.15) is 6.33 Å². The highest BCUT2D eigenvalue weighted by Gasteiger charge is 2.10. The van der Waals surface area contributed by atoms with E-state index in [4.69, 9.17) is 0 Å². The fourth-order valence-corrected chi connectivity index (χ4v) is 2.89. The molecule has 0 aliphatic heterocycles. The molecule has 2 rings (SSSR count). The molecule has 2 aromatic rings. The molecule has 88 valence electrons. The second-order valence-electron chi connectivity index (χ2n) is 3.74. The van der Waals surface area contributed by atoms with Gasteiger partial charge in [-0.1, -0.05) is 35.5 Å². The number of hydrogen-bond donors (Lipinski definition) is 0. The van der Waals surface area contributed by atoms with E-state index in [1.54, 1.807) is 0 Å². The first-order valence-electron chi connectivity index (χ1n) is 5.17. The van der Waals surface area contributed by atoms with Gasteiger partial charge in [-0.2, -0.15) is 4.37 Å². The normalized spacial score (nSPS) is 10.5. The Morgan fingerprint density at radius 2 is 2.24 bits per heavy atom. The minimum atomic E-state index is 0.141. The van der Waals surface area contributed by atoms with Crippen molar-refractivity contribution in [2.45, 2.75) is 18.2 Å². The average Bonchev–Trinajstić information content (AvgIpc) is 2.78. The van der Waals surface area contributed by atoms with Gasteiger partial charge >= 0.3 is 0 Å². The van der Waals surface area contributed by atoms with Crippen molar-refractivity contribution in [1.82, 2.24) is 9.36 Å². The zero-order chi connectivity index (χ0) is 12.3. The van der Waals surface area contributed by atoms with E-state index in [1.165, 1.54) is 35.2 Å². The van der Waals surface area contributed by atoms with Crippen LogP contribution < -0.4 is 0 Å². The van der Waals surface area contributed by atoms with Crippen LogP contribution in [0.15, 0.2) is 28.9 Å². The van der Waals surface area contributed by atoms with E-state index in [9.17, 15) is 4.79 Å². The second kappa shape index (κ2) is 5.42. The molecule has 5 heteroatoms. The lowest BCUT2D eigenvalue weighted by atomic mass is 10.0. The Bertz CT molecular complexity index is 523. The molecule has 0 fully saturated rings. The third-order valence-corrected chi connectivity index (χ3v) is 4.15. The van der Waals surface area contributed by atoms with Gasteiger partial charge in [-0.25, -0.2) is 4.98 Å². The Morgan fingerprint density at radius 3 is 2.88 bits per heavy atom. The molecule has 0 aliphatic rings. The van der Waals surface area contributed by atoms with Crippen molar-refractivity contribution >= 4 is 29.1 Å². The van der Waals surface area contributed by atoms with Crippen LogP contribution in [0.3, 0.4) is 0 Å². The molecular weight excluding hydrogens is 252 g/mol. The maximum Gasteiger partial charge on any atom is 0.173 e. The molecule has 0 N–H and O–H groups in total. The molecule has 0 atom stereocenters. The number of aryl methyl sites for hydroxylation is 2.